The van der Waals surface area contributed by atoms with Gasteiger partial charge in [0.2, 0.25) is 0 Å². The molecular formula is C18H29NO11S. The fraction of sp³-hybridized carbons (Fsp3) is 0.778. The van der Waals surface area contributed by atoms with Crippen LogP contribution in [-0.2, 0) is 29.5 Å². The molecule has 1 rings (SSSR count). The summed E-state index contributed by atoms with van der Waals surface area (Å²) in [5, 5.41) is 36.8. The van der Waals surface area contributed by atoms with Crippen LogP contribution in [0.25, 0.3) is 0 Å². The van der Waals surface area contributed by atoms with Gasteiger partial charge in [-0.25, -0.2) is 0 Å². The minimum atomic E-state index is -5.03. The molecule has 31 heavy (non-hydrogen) atoms. The Morgan fingerprint density at radius 3 is 1.55 bits per heavy atom. The third-order valence-electron chi connectivity index (χ3n) is 6.15. The summed E-state index contributed by atoms with van der Waals surface area (Å²) in [6, 6.07) is 0. The minimum absolute atomic E-state index is 0.0406. The van der Waals surface area contributed by atoms with Crippen molar-refractivity contribution in [2.24, 2.45) is 5.41 Å². The van der Waals surface area contributed by atoms with Gasteiger partial charge in [-0.1, -0.05) is 12.8 Å². The van der Waals surface area contributed by atoms with E-state index >= 15 is 0 Å². The number of carbonyl (C=O) groups is 4. The second-order valence-corrected chi connectivity index (χ2v) is 9.23. The predicted octanol–water partition coefficient (Wildman–Crippen LogP) is 1.46. The van der Waals surface area contributed by atoms with Crippen LogP contribution in [0.4, 0.5) is 0 Å². The Balaban J connectivity index is 3.69. The fourth-order valence-corrected chi connectivity index (χ4v) is 6.02. The van der Waals surface area contributed by atoms with E-state index in [0.717, 1.165) is 0 Å². The Bertz CT molecular complexity index is 776. The predicted molar refractivity (Wildman–Crippen MR) is 105 cm³/mol. The van der Waals surface area contributed by atoms with E-state index in [0.29, 0.717) is 17.1 Å². The van der Waals surface area contributed by atoms with Gasteiger partial charge in [-0.2, -0.15) is 12.7 Å². The summed E-state index contributed by atoms with van der Waals surface area (Å²) in [7, 11) is -5.03. The van der Waals surface area contributed by atoms with Crippen molar-refractivity contribution >= 4 is 34.2 Å². The van der Waals surface area contributed by atoms with Crippen LogP contribution in [0, 0.1) is 5.41 Å². The molecule has 0 amide bonds. The first-order valence-electron chi connectivity index (χ1n) is 9.88. The lowest BCUT2D eigenvalue weighted by Crippen LogP contribution is -2.64. The second kappa shape index (κ2) is 10.9. The first-order chi connectivity index (χ1) is 14.3. The zero-order valence-electron chi connectivity index (χ0n) is 17.0. The lowest BCUT2D eigenvalue weighted by atomic mass is 9.55. The van der Waals surface area contributed by atoms with Crippen molar-refractivity contribution < 1.29 is 52.6 Å². The van der Waals surface area contributed by atoms with Gasteiger partial charge < -0.3 is 20.4 Å². The van der Waals surface area contributed by atoms with Crippen LogP contribution in [0.5, 0.6) is 0 Å². The van der Waals surface area contributed by atoms with Gasteiger partial charge in [0, 0.05) is 31.3 Å². The minimum Gasteiger partial charge on any atom is -0.481 e. The van der Waals surface area contributed by atoms with E-state index < -0.39 is 77.4 Å². The molecule has 13 heteroatoms. The van der Waals surface area contributed by atoms with Crippen molar-refractivity contribution in [2.75, 3.05) is 6.54 Å². The molecule has 0 aliphatic heterocycles. The number of nitrogens with zero attached hydrogens (tertiary/aromatic N) is 1. The summed E-state index contributed by atoms with van der Waals surface area (Å²) in [6.45, 7) is -0.657. The molecule has 1 fully saturated rings. The number of rotatable bonds is 14. The maximum Gasteiger partial charge on any atom is 0.336 e. The normalized spacial score (nSPS) is 21.0. The van der Waals surface area contributed by atoms with E-state index in [-0.39, 0.29) is 32.1 Å². The standard InChI is InChI=1S/C18H29NO11S/c20-13(21)3-9-17(10-4-14(22)23)7-1-2-8-18(17,11-5-15(24)25)19(31(28,29)30)12-6-16(26)27/h1-12H2,(H,20,21)(H,22,23)(H,24,25)(H,26,27)(H,28,29,30). The largest absolute Gasteiger partial charge is 0.481 e. The summed E-state index contributed by atoms with van der Waals surface area (Å²) in [5.41, 5.74) is -2.91. The molecule has 1 atom stereocenters. The van der Waals surface area contributed by atoms with Crippen molar-refractivity contribution in [3.63, 3.8) is 0 Å². The maximum absolute atomic E-state index is 12.4. The molecule has 0 aromatic heterocycles. The van der Waals surface area contributed by atoms with Gasteiger partial charge in [-0.3, -0.25) is 23.7 Å². The fourth-order valence-electron chi connectivity index (χ4n) is 4.88. The first-order valence-corrected chi connectivity index (χ1v) is 11.3. The molecule has 0 aromatic rings. The highest BCUT2D eigenvalue weighted by molar-refractivity contribution is 7.83. The lowest BCUT2D eigenvalue weighted by molar-refractivity contribution is -0.144. The van der Waals surface area contributed by atoms with Crippen LogP contribution in [0.1, 0.15) is 70.6 Å². The molecule has 1 aliphatic rings. The number of carboxylic acid groups (broad SMARTS) is 4. The Kier molecular flexibility index (Phi) is 9.39. The van der Waals surface area contributed by atoms with Crippen LogP contribution in [0.3, 0.4) is 0 Å². The molecule has 0 heterocycles. The second-order valence-electron chi connectivity index (χ2n) is 7.89. The van der Waals surface area contributed by atoms with Gasteiger partial charge in [-0.05, 0) is 37.5 Å². The van der Waals surface area contributed by atoms with Crippen LogP contribution in [0.15, 0.2) is 0 Å². The van der Waals surface area contributed by atoms with Gasteiger partial charge in [-0.15, -0.1) is 0 Å². The number of hydrogen-bond donors (Lipinski definition) is 5. The molecule has 12 nitrogen and oxygen atoms in total. The third kappa shape index (κ3) is 7.14. The smallest absolute Gasteiger partial charge is 0.336 e. The van der Waals surface area contributed by atoms with Gasteiger partial charge >= 0.3 is 34.2 Å². The van der Waals surface area contributed by atoms with Crippen LogP contribution >= 0.6 is 0 Å². The van der Waals surface area contributed by atoms with Crippen molar-refractivity contribution in [3.05, 3.63) is 0 Å². The number of carboxylic acids is 4. The highest BCUT2D eigenvalue weighted by atomic mass is 32.2. The maximum atomic E-state index is 12.4. The molecule has 178 valence electrons. The molecule has 0 aromatic carbocycles. The molecule has 5 N–H and O–H groups in total. The average Bonchev–Trinajstić information content (AvgIpc) is 2.63. The number of hydrogen-bond acceptors (Lipinski definition) is 6. The van der Waals surface area contributed by atoms with Gasteiger partial charge in [0.1, 0.15) is 0 Å². The molecule has 1 unspecified atom stereocenters. The summed E-state index contributed by atoms with van der Waals surface area (Å²) in [5.74, 6) is -5.00. The topological polar surface area (TPSA) is 207 Å². The molecule has 0 saturated heterocycles. The van der Waals surface area contributed by atoms with E-state index in [1.54, 1.807) is 0 Å². The summed E-state index contributed by atoms with van der Waals surface area (Å²) in [4.78, 5) is 45.1. The highest BCUT2D eigenvalue weighted by Crippen LogP contribution is 2.56. The molecule has 0 bridgehead atoms. The van der Waals surface area contributed by atoms with Crippen molar-refractivity contribution in [1.82, 2.24) is 4.31 Å². The van der Waals surface area contributed by atoms with E-state index in [9.17, 15) is 47.5 Å². The van der Waals surface area contributed by atoms with Crippen LogP contribution in [0.2, 0.25) is 0 Å². The van der Waals surface area contributed by atoms with Crippen LogP contribution < -0.4 is 0 Å². The third-order valence-corrected chi connectivity index (χ3v) is 7.24. The molecule has 0 spiro atoms. The summed E-state index contributed by atoms with van der Waals surface area (Å²) >= 11 is 0. The van der Waals surface area contributed by atoms with E-state index in [1.165, 1.54) is 0 Å². The average molecular weight is 467 g/mol. The van der Waals surface area contributed by atoms with Crippen molar-refractivity contribution in [2.45, 2.75) is 76.2 Å². The van der Waals surface area contributed by atoms with E-state index in [1.807, 2.05) is 0 Å². The first kappa shape index (κ1) is 26.8. The Morgan fingerprint density at radius 1 is 0.710 bits per heavy atom. The number of aliphatic carboxylic acids is 4. The van der Waals surface area contributed by atoms with E-state index in [4.69, 9.17) is 5.11 Å². The van der Waals surface area contributed by atoms with Crippen molar-refractivity contribution in [3.8, 4) is 0 Å². The van der Waals surface area contributed by atoms with Gasteiger partial charge in [0.25, 0.3) is 0 Å². The SMILES string of the molecule is O=C(O)CCN(C1(CCC(=O)O)CCCCC1(CCC(=O)O)CCC(=O)O)S(=O)(=O)O. The summed E-state index contributed by atoms with van der Waals surface area (Å²) < 4.78 is 35.3. The van der Waals surface area contributed by atoms with E-state index in [2.05, 4.69) is 0 Å². The lowest BCUT2D eigenvalue weighted by Gasteiger charge is -2.58. The Labute approximate surface area is 179 Å². The molecule has 1 saturated carbocycles. The zero-order valence-corrected chi connectivity index (χ0v) is 17.8. The Hall–Kier alpha value is -2.25. The van der Waals surface area contributed by atoms with Gasteiger partial charge in [0.05, 0.1) is 6.42 Å². The monoisotopic (exact) mass is 467 g/mol. The molecular weight excluding hydrogens is 438 g/mol. The zero-order chi connectivity index (χ0) is 23.9. The highest BCUT2D eigenvalue weighted by Gasteiger charge is 2.58. The molecule has 1 aliphatic carbocycles. The summed E-state index contributed by atoms with van der Waals surface area (Å²) in [6.07, 6.45) is -1.47. The molecule has 0 radical (unpaired) electrons. The van der Waals surface area contributed by atoms with Crippen molar-refractivity contribution in [1.29, 1.82) is 0 Å². The van der Waals surface area contributed by atoms with Crippen LogP contribution in [-0.4, -0.2) is 73.7 Å². The quantitative estimate of drug-likeness (QED) is 0.231. The Morgan fingerprint density at radius 2 is 1.13 bits per heavy atom. The van der Waals surface area contributed by atoms with Gasteiger partial charge in [0.15, 0.2) is 0 Å².